The van der Waals surface area contributed by atoms with Crippen molar-refractivity contribution in [1.82, 2.24) is 9.97 Å². The molecule has 19 heavy (non-hydrogen) atoms. The number of anilines is 2. The zero-order chi connectivity index (χ0) is 13.5. The van der Waals surface area contributed by atoms with E-state index in [1.54, 1.807) is 0 Å². The summed E-state index contributed by atoms with van der Waals surface area (Å²) < 4.78 is 0. The van der Waals surface area contributed by atoms with Gasteiger partial charge in [0, 0.05) is 18.0 Å². The minimum atomic E-state index is 0.438. The first-order valence-corrected chi connectivity index (χ1v) is 7.20. The summed E-state index contributed by atoms with van der Waals surface area (Å²) in [6.07, 6.45) is 6.36. The van der Waals surface area contributed by atoms with Crippen molar-refractivity contribution in [2.45, 2.75) is 51.9 Å². The number of nitrogens with one attached hydrogen (secondary N) is 2. The predicted octanol–water partition coefficient (Wildman–Crippen LogP) is 2.55. The minimum absolute atomic E-state index is 0.438. The number of hydrazine groups is 1. The van der Waals surface area contributed by atoms with Crippen LogP contribution in [0.4, 0.5) is 11.6 Å². The Morgan fingerprint density at radius 2 is 1.95 bits per heavy atom. The first kappa shape index (κ1) is 12.7. The lowest BCUT2D eigenvalue weighted by molar-refractivity contribution is 0.180. The summed E-state index contributed by atoms with van der Waals surface area (Å²) in [6, 6.07) is 0. The van der Waals surface area contributed by atoms with Crippen LogP contribution >= 0.6 is 0 Å². The molecule has 0 spiro atoms. The Balaban J connectivity index is 1.79. The smallest absolute Gasteiger partial charge is 0.148 e. The van der Waals surface area contributed by atoms with Gasteiger partial charge in [-0.2, -0.15) is 0 Å². The van der Waals surface area contributed by atoms with Crippen molar-refractivity contribution in [3.8, 4) is 0 Å². The van der Waals surface area contributed by atoms with Gasteiger partial charge in [-0.25, -0.2) is 15.8 Å². The van der Waals surface area contributed by atoms with Crippen LogP contribution in [-0.4, -0.2) is 16.5 Å². The summed E-state index contributed by atoms with van der Waals surface area (Å²) in [5.41, 5.74) is 4.14. The van der Waals surface area contributed by atoms with E-state index in [-0.39, 0.29) is 0 Å². The van der Waals surface area contributed by atoms with Crippen LogP contribution in [0.2, 0.25) is 0 Å². The van der Waals surface area contributed by atoms with E-state index in [1.807, 2.05) is 6.92 Å². The van der Waals surface area contributed by atoms with Crippen LogP contribution in [0.5, 0.6) is 0 Å². The molecule has 0 aromatic carbocycles. The highest BCUT2D eigenvalue weighted by Gasteiger charge is 2.32. The van der Waals surface area contributed by atoms with Crippen LogP contribution < -0.4 is 16.6 Å². The fourth-order valence-electron chi connectivity index (χ4n) is 2.62. The monoisotopic (exact) mass is 261 g/mol. The third-order valence-corrected chi connectivity index (χ3v) is 4.49. The van der Waals surface area contributed by atoms with Crippen LogP contribution in [0.25, 0.3) is 0 Å². The van der Waals surface area contributed by atoms with Gasteiger partial charge in [-0.15, -0.1) is 0 Å². The third kappa shape index (κ3) is 2.52. The number of nitrogens with zero attached hydrogens (tertiary/aromatic N) is 2. The van der Waals surface area contributed by atoms with Crippen molar-refractivity contribution in [2.75, 3.05) is 17.3 Å². The standard InChI is InChI=1S/C14H23N5/c1-9-11(16-8-14(2)6-3-7-14)17-13(10-4-5-10)18-12(9)19-15/h10H,3-8,15H2,1-2H3,(H2,16,17,18,19). The van der Waals surface area contributed by atoms with E-state index in [4.69, 9.17) is 5.84 Å². The second-order valence-electron chi connectivity index (χ2n) is 6.34. The first-order valence-electron chi connectivity index (χ1n) is 7.20. The second kappa shape index (κ2) is 4.63. The van der Waals surface area contributed by atoms with E-state index in [0.717, 1.165) is 29.6 Å². The molecule has 0 amide bonds. The molecule has 0 saturated heterocycles. The SMILES string of the molecule is Cc1c(NN)nc(C2CC2)nc1NCC1(C)CCC1. The van der Waals surface area contributed by atoms with E-state index in [1.165, 1.54) is 32.1 Å². The fraction of sp³-hybridized carbons (Fsp3) is 0.714. The van der Waals surface area contributed by atoms with Gasteiger partial charge in [0.1, 0.15) is 17.5 Å². The van der Waals surface area contributed by atoms with Crippen LogP contribution in [0.1, 0.15) is 56.3 Å². The molecule has 0 bridgehead atoms. The van der Waals surface area contributed by atoms with Crippen molar-refractivity contribution >= 4 is 11.6 Å². The highest BCUT2D eigenvalue weighted by Crippen LogP contribution is 2.41. The lowest BCUT2D eigenvalue weighted by atomic mass is 9.70. The average Bonchev–Trinajstić information content (AvgIpc) is 3.19. The average molecular weight is 261 g/mol. The van der Waals surface area contributed by atoms with E-state index in [9.17, 15) is 0 Å². The zero-order valence-corrected chi connectivity index (χ0v) is 11.8. The molecule has 1 aromatic rings. The second-order valence-corrected chi connectivity index (χ2v) is 6.34. The van der Waals surface area contributed by atoms with Gasteiger partial charge in [0.2, 0.25) is 0 Å². The van der Waals surface area contributed by atoms with Gasteiger partial charge in [0.05, 0.1) is 0 Å². The maximum absolute atomic E-state index is 5.56. The highest BCUT2D eigenvalue weighted by atomic mass is 15.3. The predicted molar refractivity (Wildman–Crippen MR) is 77.0 cm³/mol. The van der Waals surface area contributed by atoms with Crippen molar-refractivity contribution in [3.05, 3.63) is 11.4 Å². The Hall–Kier alpha value is -1.36. The van der Waals surface area contributed by atoms with Crippen molar-refractivity contribution in [3.63, 3.8) is 0 Å². The molecule has 4 N–H and O–H groups in total. The molecule has 1 aromatic heterocycles. The fourth-order valence-corrected chi connectivity index (χ4v) is 2.62. The van der Waals surface area contributed by atoms with Gasteiger partial charge in [0.25, 0.3) is 0 Å². The van der Waals surface area contributed by atoms with E-state index in [2.05, 4.69) is 27.6 Å². The van der Waals surface area contributed by atoms with E-state index in [0.29, 0.717) is 11.3 Å². The lowest BCUT2D eigenvalue weighted by Gasteiger charge is -2.38. The number of nitrogens with two attached hydrogens (primary N) is 1. The number of nitrogen functional groups attached to an aromatic ring is 1. The maximum atomic E-state index is 5.56. The minimum Gasteiger partial charge on any atom is -0.369 e. The van der Waals surface area contributed by atoms with Crippen LogP contribution in [0.3, 0.4) is 0 Å². The summed E-state index contributed by atoms with van der Waals surface area (Å²) in [6.45, 7) is 5.33. The van der Waals surface area contributed by atoms with Crippen LogP contribution in [-0.2, 0) is 0 Å². The van der Waals surface area contributed by atoms with E-state index < -0.39 is 0 Å². The third-order valence-electron chi connectivity index (χ3n) is 4.49. The topological polar surface area (TPSA) is 75.9 Å². The molecule has 2 fully saturated rings. The van der Waals surface area contributed by atoms with Gasteiger partial charge in [-0.05, 0) is 38.0 Å². The van der Waals surface area contributed by atoms with Crippen molar-refractivity contribution < 1.29 is 0 Å². The molecule has 5 heteroatoms. The maximum Gasteiger partial charge on any atom is 0.148 e. The summed E-state index contributed by atoms with van der Waals surface area (Å²) >= 11 is 0. The molecule has 3 rings (SSSR count). The molecule has 5 nitrogen and oxygen atoms in total. The highest BCUT2D eigenvalue weighted by molar-refractivity contribution is 5.57. The number of rotatable bonds is 5. The molecular weight excluding hydrogens is 238 g/mol. The Morgan fingerprint density at radius 3 is 2.47 bits per heavy atom. The molecule has 0 unspecified atom stereocenters. The van der Waals surface area contributed by atoms with Gasteiger partial charge < -0.3 is 10.7 Å². The number of hydrogen-bond donors (Lipinski definition) is 3. The summed E-state index contributed by atoms with van der Waals surface area (Å²) in [5.74, 6) is 8.72. The molecule has 1 heterocycles. The normalized spacial score (nSPS) is 20.8. The Morgan fingerprint density at radius 1 is 1.26 bits per heavy atom. The van der Waals surface area contributed by atoms with Gasteiger partial charge >= 0.3 is 0 Å². The van der Waals surface area contributed by atoms with E-state index >= 15 is 0 Å². The van der Waals surface area contributed by atoms with Gasteiger partial charge in [-0.3, -0.25) is 0 Å². The molecule has 0 atom stereocenters. The van der Waals surface area contributed by atoms with Crippen molar-refractivity contribution in [1.29, 1.82) is 0 Å². The molecule has 2 aliphatic rings. The molecule has 2 saturated carbocycles. The Bertz CT molecular complexity index is 477. The number of aromatic nitrogens is 2. The molecule has 0 radical (unpaired) electrons. The first-order chi connectivity index (χ1) is 9.11. The molecule has 104 valence electrons. The summed E-state index contributed by atoms with van der Waals surface area (Å²) in [4.78, 5) is 9.19. The molecule has 2 aliphatic carbocycles. The summed E-state index contributed by atoms with van der Waals surface area (Å²) in [7, 11) is 0. The van der Waals surface area contributed by atoms with Crippen molar-refractivity contribution in [2.24, 2.45) is 11.3 Å². The molecule has 0 aliphatic heterocycles. The van der Waals surface area contributed by atoms with Gasteiger partial charge in [0.15, 0.2) is 0 Å². The summed E-state index contributed by atoms with van der Waals surface area (Å²) in [5, 5.41) is 3.51. The van der Waals surface area contributed by atoms with Gasteiger partial charge in [-0.1, -0.05) is 13.3 Å². The van der Waals surface area contributed by atoms with Crippen LogP contribution in [0, 0.1) is 12.3 Å². The lowest BCUT2D eigenvalue weighted by Crippen LogP contribution is -2.33. The molecular formula is C14H23N5. The Labute approximate surface area is 114 Å². The van der Waals surface area contributed by atoms with Crippen LogP contribution in [0.15, 0.2) is 0 Å². The zero-order valence-electron chi connectivity index (χ0n) is 11.8. The number of hydrogen-bond acceptors (Lipinski definition) is 5. The largest absolute Gasteiger partial charge is 0.369 e. The Kier molecular flexibility index (Phi) is 3.09. The quantitative estimate of drug-likeness (QED) is 0.561.